The summed E-state index contributed by atoms with van der Waals surface area (Å²) in [6, 6.07) is 0. The Balaban J connectivity index is 3.10. The van der Waals surface area contributed by atoms with E-state index in [9.17, 15) is 5.21 Å². The molecule has 1 aliphatic rings. The normalized spacial score (nSPS) is 26.6. The molecule has 0 atom stereocenters. The second-order valence-electron chi connectivity index (χ2n) is 5.00. The third-order valence-electron chi connectivity index (χ3n) is 2.57. The summed E-state index contributed by atoms with van der Waals surface area (Å²) < 4.78 is 0. The highest BCUT2D eigenvalue weighted by atomic mass is 16.5. The Labute approximate surface area is 80.4 Å². The van der Waals surface area contributed by atoms with Crippen molar-refractivity contribution >= 4 is 5.71 Å². The van der Waals surface area contributed by atoms with Gasteiger partial charge in [-0.3, -0.25) is 4.99 Å². The van der Waals surface area contributed by atoms with E-state index < -0.39 is 11.2 Å². The molecule has 0 saturated carbocycles. The zero-order valence-electron chi connectivity index (χ0n) is 9.38. The van der Waals surface area contributed by atoms with Crippen LogP contribution in [0.4, 0.5) is 0 Å². The van der Waals surface area contributed by atoms with Crippen LogP contribution >= 0.6 is 0 Å². The summed E-state index contributed by atoms with van der Waals surface area (Å²) in [6.45, 7) is 11.8. The van der Waals surface area contributed by atoms with E-state index in [-0.39, 0.29) is 0 Å². The lowest BCUT2D eigenvalue weighted by molar-refractivity contribution is -0.241. The van der Waals surface area contributed by atoms with E-state index in [4.69, 9.17) is 0 Å². The highest BCUT2D eigenvalue weighted by Gasteiger charge is 2.48. The molecule has 0 bridgehead atoms. The van der Waals surface area contributed by atoms with Crippen molar-refractivity contribution in [3.63, 3.8) is 0 Å². The Morgan fingerprint density at radius 3 is 1.85 bits per heavy atom. The van der Waals surface area contributed by atoms with Crippen LogP contribution in [0.15, 0.2) is 4.99 Å². The average Bonchev–Trinajstić information content (AvgIpc) is 2.11. The van der Waals surface area contributed by atoms with Gasteiger partial charge in [0, 0.05) is 5.71 Å². The standard InChI is InChI=1S/C10H19N2O/c1-7(2)8-9(3,4)12(13)10(5,6)11-8/h7H,1-6H3. The van der Waals surface area contributed by atoms with E-state index in [1.54, 1.807) is 0 Å². The molecule has 0 aliphatic carbocycles. The van der Waals surface area contributed by atoms with Gasteiger partial charge >= 0.3 is 0 Å². The monoisotopic (exact) mass is 183 g/mol. The fourth-order valence-corrected chi connectivity index (χ4v) is 2.10. The molecule has 0 fully saturated rings. The maximum absolute atomic E-state index is 11.9. The van der Waals surface area contributed by atoms with Crippen LogP contribution in [0.1, 0.15) is 41.5 Å². The average molecular weight is 183 g/mol. The Hall–Kier alpha value is -0.410. The van der Waals surface area contributed by atoms with E-state index in [0.717, 1.165) is 10.8 Å². The number of nitrogens with zero attached hydrogens (tertiary/aromatic N) is 2. The Morgan fingerprint density at radius 2 is 1.69 bits per heavy atom. The smallest absolute Gasteiger partial charge is 0.134 e. The summed E-state index contributed by atoms with van der Waals surface area (Å²) in [6.07, 6.45) is 0. The molecule has 0 aromatic carbocycles. The van der Waals surface area contributed by atoms with Crippen LogP contribution in [-0.2, 0) is 5.21 Å². The van der Waals surface area contributed by atoms with Gasteiger partial charge in [-0.2, -0.15) is 0 Å². The lowest BCUT2D eigenvalue weighted by Crippen LogP contribution is -2.49. The van der Waals surface area contributed by atoms with E-state index in [2.05, 4.69) is 18.8 Å². The topological polar surface area (TPSA) is 35.5 Å². The summed E-state index contributed by atoms with van der Waals surface area (Å²) in [5, 5.41) is 13.0. The zero-order chi connectivity index (χ0) is 10.4. The van der Waals surface area contributed by atoms with Crippen molar-refractivity contribution in [3.8, 4) is 0 Å². The van der Waals surface area contributed by atoms with Gasteiger partial charge in [0.05, 0.1) is 5.54 Å². The number of hydroxylamine groups is 2. The van der Waals surface area contributed by atoms with Crippen molar-refractivity contribution in [2.75, 3.05) is 0 Å². The lowest BCUT2D eigenvalue weighted by Gasteiger charge is -2.32. The van der Waals surface area contributed by atoms with E-state index in [0.29, 0.717) is 5.92 Å². The van der Waals surface area contributed by atoms with Crippen LogP contribution in [0.25, 0.3) is 0 Å². The summed E-state index contributed by atoms with van der Waals surface area (Å²) >= 11 is 0. The van der Waals surface area contributed by atoms with Crippen LogP contribution < -0.4 is 0 Å². The summed E-state index contributed by atoms with van der Waals surface area (Å²) in [5.74, 6) is 0.341. The third kappa shape index (κ3) is 1.51. The minimum Gasteiger partial charge on any atom is -0.268 e. The first-order chi connectivity index (χ1) is 5.69. The van der Waals surface area contributed by atoms with Gasteiger partial charge in [0.1, 0.15) is 5.66 Å². The van der Waals surface area contributed by atoms with Crippen LogP contribution in [0, 0.1) is 5.92 Å². The van der Waals surface area contributed by atoms with Gasteiger partial charge in [-0.1, -0.05) is 13.8 Å². The van der Waals surface area contributed by atoms with Gasteiger partial charge in [0.2, 0.25) is 0 Å². The number of hydrogen-bond donors (Lipinski definition) is 0. The third-order valence-corrected chi connectivity index (χ3v) is 2.57. The van der Waals surface area contributed by atoms with Gasteiger partial charge < -0.3 is 0 Å². The van der Waals surface area contributed by atoms with Gasteiger partial charge in [0.15, 0.2) is 0 Å². The van der Waals surface area contributed by atoms with Crippen LogP contribution in [0.2, 0.25) is 0 Å². The van der Waals surface area contributed by atoms with Crippen LogP contribution in [0.5, 0.6) is 0 Å². The molecule has 75 valence electrons. The molecule has 1 aliphatic heterocycles. The van der Waals surface area contributed by atoms with Crippen molar-refractivity contribution in [2.24, 2.45) is 10.9 Å². The predicted molar refractivity (Wildman–Crippen MR) is 53.0 cm³/mol. The first kappa shape index (κ1) is 10.7. The Bertz CT molecular complexity index is 241. The van der Waals surface area contributed by atoms with Gasteiger partial charge in [-0.05, 0) is 33.6 Å². The van der Waals surface area contributed by atoms with Crippen molar-refractivity contribution in [2.45, 2.75) is 52.7 Å². The van der Waals surface area contributed by atoms with Gasteiger partial charge in [0.25, 0.3) is 0 Å². The fraction of sp³-hybridized carbons (Fsp3) is 0.900. The van der Waals surface area contributed by atoms with Crippen LogP contribution in [-0.4, -0.2) is 22.0 Å². The molecule has 1 heterocycles. The first-order valence-corrected chi connectivity index (χ1v) is 4.77. The number of rotatable bonds is 1. The van der Waals surface area contributed by atoms with Gasteiger partial charge in [-0.25, -0.2) is 0 Å². The molecule has 0 aromatic heterocycles. The molecular formula is C10H19N2O. The minimum absolute atomic E-state index is 0.341. The Kier molecular flexibility index (Phi) is 2.29. The number of hydrogen-bond acceptors (Lipinski definition) is 2. The maximum atomic E-state index is 11.9. The zero-order valence-corrected chi connectivity index (χ0v) is 9.38. The minimum atomic E-state index is -0.594. The van der Waals surface area contributed by atoms with Gasteiger partial charge in [-0.15, -0.1) is 10.3 Å². The molecule has 0 amide bonds. The van der Waals surface area contributed by atoms with Crippen molar-refractivity contribution in [1.82, 2.24) is 5.06 Å². The van der Waals surface area contributed by atoms with Crippen molar-refractivity contribution < 1.29 is 5.21 Å². The van der Waals surface area contributed by atoms with Crippen molar-refractivity contribution in [1.29, 1.82) is 0 Å². The van der Waals surface area contributed by atoms with E-state index >= 15 is 0 Å². The largest absolute Gasteiger partial charge is 0.268 e. The lowest BCUT2D eigenvalue weighted by atomic mass is 9.90. The van der Waals surface area contributed by atoms with E-state index in [1.807, 2.05) is 27.7 Å². The van der Waals surface area contributed by atoms with Crippen molar-refractivity contribution in [3.05, 3.63) is 0 Å². The molecule has 3 nitrogen and oxygen atoms in total. The van der Waals surface area contributed by atoms with Crippen LogP contribution in [0.3, 0.4) is 0 Å². The molecule has 0 spiro atoms. The fourth-order valence-electron chi connectivity index (χ4n) is 2.10. The number of aliphatic imine (C=N–C) groups is 1. The quantitative estimate of drug-likeness (QED) is 0.614. The highest BCUT2D eigenvalue weighted by molar-refractivity contribution is 5.96. The SMILES string of the molecule is CC(C)C1=NC(C)(C)N([O])C1(C)C. The predicted octanol–water partition coefficient (Wildman–Crippen LogP) is 2.26. The molecule has 3 heteroatoms. The second-order valence-corrected chi connectivity index (χ2v) is 5.00. The summed E-state index contributed by atoms with van der Waals surface area (Å²) in [5.41, 5.74) is -0.0340. The highest BCUT2D eigenvalue weighted by Crippen LogP contribution is 2.35. The molecule has 1 radical (unpaired) electrons. The first-order valence-electron chi connectivity index (χ1n) is 4.77. The summed E-state index contributed by atoms with van der Waals surface area (Å²) in [7, 11) is 0. The summed E-state index contributed by atoms with van der Waals surface area (Å²) in [4.78, 5) is 4.48. The molecule has 0 saturated heterocycles. The molecule has 1 rings (SSSR count). The molecule has 0 unspecified atom stereocenters. The maximum Gasteiger partial charge on any atom is 0.134 e. The van der Waals surface area contributed by atoms with E-state index in [1.165, 1.54) is 0 Å². The molecular weight excluding hydrogens is 164 g/mol. The second kappa shape index (κ2) is 2.79. The molecule has 13 heavy (non-hydrogen) atoms. The molecule has 0 aromatic rings. The Morgan fingerprint density at radius 1 is 1.23 bits per heavy atom. The molecule has 0 N–H and O–H groups in total.